The van der Waals surface area contributed by atoms with Crippen molar-refractivity contribution >= 4 is 11.6 Å². The van der Waals surface area contributed by atoms with Crippen LogP contribution >= 0.6 is 0 Å². The smallest absolute Gasteiger partial charge is 0.174 e. The SMILES string of the molecule is COc1ccc(OC)c(C(=O)CC(=O)C(C)C)c1. The van der Waals surface area contributed by atoms with Gasteiger partial charge in [-0.1, -0.05) is 13.8 Å². The minimum atomic E-state index is -0.246. The molecule has 0 spiro atoms. The first kappa shape index (κ1) is 14.2. The van der Waals surface area contributed by atoms with Crippen LogP contribution in [-0.4, -0.2) is 25.8 Å². The lowest BCUT2D eigenvalue weighted by molar-refractivity contribution is -0.121. The van der Waals surface area contributed by atoms with Gasteiger partial charge in [-0.2, -0.15) is 0 Å². The third kappa shape index (κ3) is 3.32. The van der Waals surface area contributed by atoms with Crippen LogP contribution in [0.2, 0.25) is 0 Å². The second kappa shape index (κ2) is 6.19. The van der Waals surface area contributed by atoms with Crippen molar-refractivity contribution < 1.29 is 19.1 Å². The average Bonchev–Trinajstić information content (AvgIpc) is 2.37. The van der Waals surface area contributed by atoms with E-state index >= 15 is 0 Å². The molecule has 0 unspecified atom stereocenters. The Morgan fingerprint density at radius 2 is 1.83 bits per heavy atom. The second-order valence-electron chi connectivity index (χ2n) is 4.29. The van der Waals surface area contributed by atoms with Gasteiger partial charge in [-0.05, 0) is 18.2 Å². The van der Waals surface area contributed by atoms with Crippen LogP contribution in [-0.2, 0) is 4.79 Å². The molecule has 4 nitrogen and oxygen atoms in total. The first-order chi connectivity index (χ1) is 8.49. The van der Waals surface area contributed by atoms with Gasteiger partial charge in [0.25, 0.3) is 0 Å². The molecular formula is C14H18O4. The average molecular weight is 250 g/mol. The number of carbonyl (C=O) groups is 2. The molecule has 0 N–H and O–H groups in total. The first-order valence-electron chi connectivity index (χ1n) is 5.77. The molecule has 0 bridgehead atoms. The highest BCUT2D eigenvalue weighted by Gasteiger charge is 2.18. The molecule has 0 heterocycles. The third-order valence-electron chi connectivity index (χ3n) is 2.69. The molecule has 0 aliphatic heterocycles. The molecule has 4 heteroatoms. The molecule has 1 rings (SSSR count). The fourth-order valence-corrected chi connectivity index (χ4v) is 1.49. The van der Waals surface area contributed by atoms with Crippen molar-refractivity contribution in [2.75, 3.05) is 14.2 Å². The molecule has 0 radical (unpaired) electrons. The highest BCUT2D eigenvalue weighted by atomic mass is 16.5. The van der Waals surface area contributed by atoms with Crippen molar-refractivity contribution in [1.29, 1.82) is 0 Å². The summed E-state index contributed by atoms with van der Waals surface area (Å²) in [5.41, 5.74) is 0.380. The number of benzene rings is 1. The highest BCUT2D eigenvalue weighted by molar-refractivity contribution is 6.09. The maximum absolute atomic E-state index is 12.1. The molecule has 98 valence electrons. The first-order valence-corrected chi connectivity index (χ1v) is 5.77. The Kier molecular flexibility index (Phi) is 4.89. The quantitative estimate of drug-likeness (QED) is 0.575. The number of hydrogen-bond acceptors (Lipinski definition) is 4. The van der Waals surface area contributed by atoms with Crippen LogP contribution in [0.3, 0.4) is 0 Å². The molecule has 0 atom stereocenters. The van der Waals surface area contributed by atoms with Gasteiger partial charge in [-0.25, -0.2) is 0 Å². The number of Topliss-reactive ketones (excluding diaryl/α,β-unsaturated/α-hetero) is 2. The zero-order valence-corrected chi connectivity index (χ0v) is 11.1. The van der Waals surface area contributed by atoms with E-state index in [0.29, 0.717) is 17.1 Å². The molecule has 0 aromatic heterocycles. The molecule has 18 heavy (non-hydrogen) atoms. The van der Waals surface area contributed by atoms with E-state index in [-0.39, 0.29) is 23.9 Å². The summed E-state index contributed by atoms with van der Waals surface area (Å²) in [5, 5.41) is 0. The van der Waals surface area contributed by atoms with Crippen molar-refractivity contribution in [2.45, 2.75) is 20.3 Å². The van der Waals surface area contributed by atoms with E-state index in [1.54, 1.807) is 32.0 Å². The molecule has 0 saturated carbocycles. The van der Waals surface area contributed by atoms with E-state index in [9.17, 15) is 9.59 Å². The summed E-state index contributed by atoms with van der Waals surface area (Å²) in [6.07, 6.45) is -0.110. The van der Waals surface area contributed by atoms with Crippen molar-refractivity contribution in [1.82, 2.24) is 0 Å². The maximum atomic E-state index is 12.1. The Bertz CT molecular complexity index is 449. The van der Waals surface area contributed by atoms with Crippen LogP contribution in [0.15, 0.2) is 18.2 Å². The molecule has 0 aliphatic carbocycles. The van der Waals surface area contributed by atoms with Crippen LogP contribution in [0, 0.1) is 5.92 Å². The molecule has 1 aromatic carbocycles. The van der Waals surface area contributed by atoms with Gasteiger partial charge in [0.1, 0.15) is 17.3 Å². The van der Waals surface area contributed by atoms with Gasteiger partial charge < -0.3 is 9.47 Å². The van der Waals surface area contributed by atoms with E-state index in [2.05, 4.69) is 0 Å². The van der Waals surface area contributed by atoms with Crippen LogP contribution in [0.5, 0.6) is 11.5 Å². The lowest BCUT2D eigenvalue weighted by Gasteiger charge is -2.10. The number of rotatable bonds is 6. The Labute approximate surface area is 107 Å². The summed E-state index contributed by atoms with van der Waals surface area (Å²) in [4.78, 5) is 23.6. The predicted octanol–water partition coefficient (Wildman–Crippen LogP) is 2.50. The van der Waals surface area contributed by atoms with Crippen LogP contribution < -0.4 is 9.47 Å². The lowest BCUT2D eigenvalue weighted by atomic mass is 9.99. The molecule has 0 aliphatic rings. The van der Waals surface area contributed by atoms with Gasteiger partial charge in [0.15, 0.2) is 5.78 Å². The third-order valence-corrected chi connectivity index (χ3v) is 2.69. The molecule has 1 aromatic rings. The summed E-state index contributed by atoms with van der Waals surface area (Å²) in [6, 6.07) is 4.96. The van der Waals surface area contributed by atoms with Gasteiger partial charge in [-0.3, -0.25) is 9.59 Å². The Balaban J connectivity index is 2.99. The fraction of sp³-hybridized carbons (Fsp3) is 0.429. The molecule has 0 saturated heterocycles. The zero-order chi connectivity index (χ0) is 13.7. The normalized spacial score (nSPS) is 10.3. The van der Waals surface area contributed by atoms with Crippen LogP contribution in [0.1, 0.15) is 30.6 Å². The molecule has 0 fully saturated rings. The number of ketones is 2. The maximum Gasteiger partial charge on any atom is 0.174 e. The fourth-order valence-electron chi connectivity index (χ4n) is 1.49. The molecular weight excluding hydrogens is 232 g/mol. The van der Waals surface area contributed by atoms with Gasteiger partial charge in [0.05, 0.1) is 26.2 Å². The topological polar surface area (TPSA) is 52.6 Å². The van der Waals surface area contributed by atoms with Gasteiger partial charge in [-0.15, -0.1) is 0 Å². The van der Waals surface area contributed by atoms with Crippen molar-refractivity contribution in [3.05, 3.63) is 23.8 Å². The second-order valence-corrected chi connectivity index (χ2v) is 4.29. The van der Waals surface area contributed by atoms with E-state index in [1.807, 2.05) is 0 Å². The molecule has 0 amide bonds. The minimum absolute atomic E-state index is 0.0788. The lowest BCUT2D eigenvalue weighted by Crippen LogP contribution is -2.14. The Morgan fingerprint density at radius 3 is 2.33 bits per heavy atom. The standard InChI is InChI=1S/C14H18O4/c1-9(2)12(15)8-13(16)11-7-10(17-3)5-6-14(11)18-4/h5-7,9H,8H2,1-4H3. The minimum Gasteiger partial charge on any atom is -0.497 e. The summed E-state index contributed by atoms with van der Waals surface area (Å²) in [5.74, 6) is 0.549. The Morgan fingerprint density at radius 1 is 1.17 bits per heavy atom. The largest absolute Gasteiger partial charge is 0.497 e. The zero-order valence-electron chi connectivity index (χ0n) is 11.1. The van der Waals surface area contributed by atoms with Gasteiger partial charge >= 0.3 is 0 Å². The van der Waals surface area contributed by atoms with Crippen molar-refractivity contribution in [2.24, 2.45) is 5.92 Å². The van der Waals surface area contributed by atoms with E-state index < -0.39 is 0 Å². The van der Waals surface area contributed by atoms with Crippen LogP contribution in [0.4, 0.5) is 0 Å². The van der Waals surface area contributed by atoms with E-state index in [0.717, 1.165) is 0 Å². The number of ether oxygens (including phenoxy) is 2. The predicted molar refractivity (Wildman–Crippen MR) is 68.3 cm³/mol. The summed E-state index contributed by atoms with van der Waals surface area (Å²) >= 11 is 0. The van der Waals surface area contributed by atoms with E-state index in [1.165, 1.54) is 14.2 Å². The van der Waals surface area contributed by atoms with Crippen LogP contribution in [0.25, 0.3) is 0 Å². The number of hydrogen-bond donors (Lipinski definition) is 0. The number of carbonyl (C=O) groups excluding carboxylic acids is 2. The monoisotopic (exact) mass is 250 g/mol. The highest BCUT2D eigenvalue weighted by Crippen LogP contribution is 2.25. The van der Waals surface area contributed by atoms with E-state index in [4.69, 9.17) is 9.47 Å². The van der Waals surface area contributed by atoms with Crippen molar-refractivity contribution in [3.8, 4) is 11.5 Å². The van der Waals surface area contributed by atoms with Crippen molar-refractivity contribution in [3.63, 3.8) is 0 Å². The number of methoxy groups -OCH3 is 2. The summed E-state index contributed by atoms with van der Waals surface area (Å²) < 4.78 is 10.2. The van der Waals surface area contributed by atoms with Gasteiger partial charge in [0, 0.05) is 5.92 Å². The Hall–Kier alpha value is -1.84. The summed E-state index contributed by atoms with van der Waals surface area (Å²) in [6.45, 7) is 3.55. The summed E-state index contributed by atoms with van der Waals surface area (Å²) in [7, 11) is 3.01. The van der Waals surface area contributed by atoms with Gasteiger partial charge in [0.2, 0.25) is 0 Å².